The molecule has 0 amide bonds. The summed E-state index contributed by atoms with van der Waals surface area (Å²) in [4.78, 5) is 4.11. The van der Waals surface area contributed by atoms with Gasteiger partial charge in [-0.2, -0.15) is 4.98 Å². The van der Waals surface area contributed by atoms with Gasteiger partial charge in [-0.1, -0.05) is 16.8 Å². The molecule has 0 aliphatic rings. The minimum Gasteiger partial charge on any atom is -0.335 e. The molecule has 1 rings (SSSR count). The second-order valence-electron chi connectivity index (χ2n) is 2.76. The van der Waals surface area contributed by atoms with E-state index in [1.807, 2.05) is 19.9 Å². The Labute approximate surface area is 71.8 Å². The van der Waals surface area contributed by atoms with Crippen molar-refractivity contribution in [1.29, 1.82) is 0 Å². The van der Waals surface area contributed by atoms with Crippen LogP contribution in [0.4, 0.5) is 0 Å². The Morgan fingerprint density at radius 2 is 2.33 bits per heavy atom. The second kappa shape index (κ2) is 3.85. The maximum absolute atomic E-state index is 4.94. The molecule has 0 bridgehead atoms. The van der Waals surface area contributed by atoms with Crippen LogP contribution in [0.1, 0.15) is 25.6 Å². The van der Waals surface area contributed by atoms with Gasteiger partial charge in [0.05, 0.1) is 0 Å². The van der Waals surface area contributed by atoms with Gasteiger partial charge in [0.1, 0.15) is 0 Å². The zero-order chi connectivity index (χ0) is 8.97. The molecule has 0 aromatic carbocycles. The molecule has 0 aliphatic carbocycles. The summed E-state index contributed by atoms with van der Waals surface area (Å²) in [5.74, 6) is 1.24. The summed E-state index contributed by atoms with van der Waals surface area (Å²) in [6.45, 7) is 7.56. The standard InChI is InChI=1S/C9H12N2O/c1-4-5-8-10-9(12-11-8)6-7(2)3/h4,6H,1,5H2,2-3H3. The molecule has 64 valence electrons. The highest BCUT2D eigenvalue weighted by molar-refractivity contribution is 5.41. The van der Waals surface area contributed by atoms with Gasteiger partial charge >= 0.3 is 0 Å². The average Bonchev–Trinajstić information content (AvgIpc) is 2.36. The lowest BCUT2D eigenvalue weighted by molar-refractivity contribution is 0.404. The monoisotopic (exact) mass is 164 g/mol. The first-order valence-corrected chi connectivity index (χ1v) is 3.80. The Bertz CT molecular complexity index is 295. The van der Waals surface area contributed by atoms with Crippen molar-refractivity contribution in [2.45, 2.75) is 20.3 Å². The number of aromatic nitrogens is 2. The molecule has 0 N–H and O–H groups in total. The van der Waals surface area contributed by atoms with E-state index in [1.165, 1.54) is 0 Å². The molecule has 0 fully saturated rings. The Kier molecular flexibility index (Phi) is 2.80. The molecular weight excluding hydrogens is 152 g/mol. The highest BCUT2D eigenvalue weighted by atomic mass is 16.5. The van der Waals surface area contributed by atoms with E-state index in [4.69, 9.17) is 4.52 Å². The Morgan fingerprint density at radius 3 is 2.92 bits per heavy atom. The van der Waals surface area contributed by atoms with Crippen LogP contribution < -0.4 is 0 Å². The smallest absolute Gasteiger partial charge is 0.250 e. The van der Waals surface area contributed by atoms with Crippen LogP contribution in [-0.4, -0.2) is 10.1 Å². The van der Waals surface area contributed by atoms with Gasteiger partial charge in [0.15, 0.2) is 5.82 Å². The second-order valence-corrected chi connectivity index (χ2v) is 2.76. The molecule has 0 radical (unpaired) electrons. The van der Waals surface area contributed by atoms with Gasteiger partial charge in [-0.05, 0) is 13.8 Å². The number of hydrogen-bond acceptors (Lipinski definition) is 3. The summed E-state index contributed by atoms with van der Waals surface area (Å²) >= 11 is 0. The third kappa shape index (κ3) is 2.34. The van der Waals surface area contributed by atoms with Crippen molar-refractivity contribution in [3.05, 3.63) is 29.9 Å². The Hall–Kier alpha value is -1.38. The van der Waals surface area contributed by atoms with E-state index in [0.29, 0.717) is 18.1 Å². The lowest BCUT2D eigenvalue weighted by Gasteiger charge is -1.82. The summed E-state index contributed by atoms with van der Waals surface area (Å²) in [5, 5.41) is 3.76. The fraction of sp³-hybridized carbons (Fsp3) is 0.333. The molecule has 0 unspecified atom stereocenters. The van der Waals surface area contributed by atoms with E-state index in [-0.39, 0.29) is 0 Å². The van der Waals surface area contributed by atoms with Crippen LogP contribution in [0, 0.1) is 0 Å². The number of nitrogens with zero attached hydrogens (tertiary/aromatic N) is 2. The highest BCUT2D eigenvalue weighted by Gasteiger charge is 2.00. The normalized spacial score (nSPS) is 9.50. The van der Waals surface area contributed by atoms with E-state index in [2.05, 4.69) is 16.7 Å². The third-order valence-electron chi connectivity index (χ3n) is 1.22. The van der Waals surface area contributed by atoms with Crippen LogP contribution in [0.2, 0.25) is 0 Å². The van der Waals surface area contributed by atoms with Crippen molar-refractivity contribution in [2.24, 2.45) is 0 Å². The largest absolute Gasteiger partial charge is 0.335 e. The third-order valence-corrected chi connectivity index (χ3v) is 1.22. The first kappa shape index (κ1) is 8.71. The maximum Gasteiger partial charge on any atom is 0.250 e. The average molecular weight is 164 g/mol. The summed E-state index contributed by atoms with van der Waals surface area (Å²) in [5.41, 5.74) is 1.14. The molecule has 1 aromatic heterocycles. The first-order chi connectivity index (χ1) is 5.72. The van der Waals surface area contributed by atoms with Gasteiger partial charge in [-0.25, -0.2) is 0 Å². The van der Waals surface area contributed by atoms with Crippen LogP contribution >= 0.6 is 0 Å². The lowest BCUT2D eigenvalue weighted by atomic mass is 10.3. The summed E-state index contributed by atoms with van der Waals surface area (Å²) < 4.78 is 4.94. The molecule has 0 saturated heterocycles. The zero-order valence-corrected chi connectivity index (χ0v) is 7.37. The quantitative estimate of drug-likeness (QED) is 0.643. The predicted molar refractivity (Wildman–Crippen MR) is 47.5 cm³/mol. The van der Waals surface area contributed by atoms with Gasteiger partial charge in [-0.15, -0.1) is 6.58 Å². The van der Waals surface area contributed by atoms with Crippen molar-refractivity contribution in [3.63, 3.8) is 0 Å². The molecular formula is C9H12N2O. The topological polar surface area (TPSA) is 38.9 Å². The summed E-state index contributed by atoms with van der Waals surface area (Å²) in [7, 11) is 0. The SMILES string of the molecule is C=CCc1noc(C=C(C)C)n1. The first-order valence-electron chi connectivity index (χ1n) is 3.80. The summed E-state index contributed by atoms with van der Waals surface area (Å²) in [6, 6.07) is 0. The molecule has 0 aliphatic heterocycles. The van der Waals surface area contributed by atoms with E-state index in [0.717, 1.165) is 5.57 Å². The van der Waals surface area contributed by atoms with Crippen molar-refractivity contribution >= 4 is 6.08 Å². The van der Waals surface area contributed by atoms with E-state index in [1.54, 1.807) is 6.08 Å². The van der Waals surface area contributed by atoms with Crippen LogP contribution in [0.5, 0.6) is 0 Å². The van der Waals surface area contributed by atoms with Crippen molar-refractivity contribution in [1.82, 2.24) is 10.1 Å². The van der Waals surface area contributed by atoms with E-state index in [9.17, 15) is 0 Å². The van der Waals surface area contributed by atoms with Crippen LogP contribution in [-0.2, 0) is 6.42 Å². The molecule has 3 heteroatoms. The van der Waals surface area contributed by atoms with Crippen molar-refractivity contribution in [2.75, 3.05) is 0 Å². The molecule has 0 saturated carbocycles. The van der Waals surface area contributed by atoms with Crippen molar-refractivity contribution < 1.29 is 4.52 Å². The highest BCUT2D eigenvalue weighted by Crippen LogP contribution is 2.03. The fourth-order valence-electron chi connectivity index (χ4n) is 0.785. The Morgan fingerprint density at radius 1 is 1.58 bits per heavy atom. The van der Waals surface area contributed by atoms with Crippen molar-refractivity contribution in [3.8, 4) is 0 Å². The number of rotatable bonds is 3. The zero-order valence-electron chi connectivity index (χ0n) is 7.37. The maximum atomic E-state index is 4.94. The molecule has 0 spiro atoms. The fourth-order valence-corrected chi connectivity index (χ4v) is 0.785. The number of allylic oxidation sites excluding steroid dienone is 2. The molecule has 0 atom stereocenters. The van der Waals surface area contributed by atoms with Gasteiger partial charge < -0.3 is 4.52 Å². The van der Waals surface area contributed by atoms with E-state index >= 15 is 0 Å². The van der Waals surface area contributed by atoms with Crippen LogP contribution in [0.3, 0.4) is 0 Å². The molecule has 12 heavy (non-hydrogen) atoms. The number of hydrogen-bond donors (Lipinski definition) is 0. The van der Waals surface area contributed by atoms with Crippen LogP contribution in [0.15, 0.2) is 22.8 Å². The van der Waals surface area contributed by atoms with Crippen LogP contribution in [0.25, 0.3) is 6.08 Å². The molecule has 1 aromatic rings. The molecule has 3 nitrogen and oxygen atoms in total. The summed E-state index contributed by atoms with van der Waals surface area (Å²) in [6.07, 6.45) is 4.25. The van der Waals surface area contributed by atoms with Gasteiger partial charge in [-0.3, -0.25) is 0 Å². The molecule has 1 heterocycles. The Balaban J connectivity index is 2.77. The van der Waals surface area contributed by atoms with Gasteiger partial charge in [0.25, 0.3) is 5.89 Å². The predicted octanol–water partition coefficient (Wildman–Crippen LogP) is 2.22. The minimum atomic E-state index is 0.562. The van der Waals surface area contributed by atoms with E-state index < -0.39 is 0 Å². The minimum absolute atomic E-state index is 0.562. The van der Waals surface area contributed by atoms with Gasteiger partial charge in [0.2, 0.25) is 0 Å². The van der Waals surface area contributed by atoms with Gasteiger partial charge in [0, 0.05) is 12.5 Å². The lowest BCUT2D eigenvalue weighted by Crippen LogP contribution is -1.82.